The van der Waals surface area contributed by atoms with E-state index in [-0.39, 0.29) is 36.2 Å². The first-order chi connectivity index (χ1) is 17.3. The number of nitriles is 1. The maximum atomic E-state index is 13.5. The van der Waals surface area contributed by atoms with Crippen LogP contribution in [0.3, 0.4) is 0 Å². The van der Waals surface area contributed by atoms with Crippen LogP contribution in [-0.4, -0.2) is 54.8 Å². The van der Waals surface area contributed by atoms with Crippen LogP contribution in [0, 0.1) is 17.2 Å². The summed E-state index contributed by atoms with van der Waals surface area (Å²) < 4.78 is 51.6. The summed E-state index contributed by atoms with van der Waals surface area (Å²) in [7, 11) is 0. The highest BCUT2D eigenvalue weighted by atomic mass is 19.4. The van der Waals surface area contributed by atoms with Gasteiger partial charge < -0.3 is 19.7 Å². The molecule has 4 rings (SSSR count). The fraction of sp³-hybridized carbons (Fsp3) is 0.520. The molecule has 0 radical (unpaired) electrons. The third-order valence-corrected chi connectivity index (χ3v) is 6.31. The molecule has 1 atom stereocenters. The number of nitrogens with zero attached hydrogens (tertiary/aromatic N) is 4. The fourth-order valence-corrected chi connectivity index (χ4v) is 4.35. The van der Waals surface area contributed by atoms with Gasteiger partial charge in [-0.05, 0) is 37.0 Å². The van der Waals surface area contributed by atoms with E-state index in [1.54, 1.807) is 17.0 Å². The van der Waals surface area contributed by atoms with Crippen molar-refractivity contribution in [1.82, 2.24) is 15.3 Å². The lowest BCUT2D eigenvalue weighted by Gasteiger charge is -2.33. The van der Waals surface area contributed by atoms with Gasteiger partial charge in [0.1, 0.15) is 11.9 Å². The van der Waals surface area contributed by atoms with Gasteiger partial charge in [-0.3, -0.25) is 4.79 Å². The van der Waals surface area contributed by atoms with Crippen molar-refractivity contribution >= 4 is 11.7 Å². The highest BCUT2D eigenvalue weighted by molar-refractivity contribution is 5.79. The fourth-order valence-electron chi connectivity index (χ4n) is 4.35. The maximum absolute atomic E-state index is 13.5. The van der Waals surface area contributed by atoms with Gasteiger partial charge in [0, 0.05) is 38.5 Å². The molecule has 11 heteroatoms. The zero-order chi connectivity index (χ0) is 25.5. The summed E-state index contributed by atoms with van der Waals surface area (Å²) in [6, 6.07) is 10.6. The molecule has 2 aliphatic heterocycles. The summed E-state index contributed by atoms with van der Waals surface area (Å²) in [6.45, 7) is 2.15. The van der Waals surface area contributed by atoms with Crippen LogP contribution >= 0.6 is 0 Å². The van der Waals surface area contributed by atoms with Crippen molar-refractivity contribution < 1.29 is 27.4 Å². The van der Waals surface area contributed by atoms with E-state index >= 15 is 0 Å². The zero-order valence-electron chi connectivity index (χ0n) is 19.8. The predicted octanol–water partition coefficient (Wildman–Crippen LogP) is 3.50. The van der Waals surface area contributed by atoms with Crippen molar-refractivity contribution in [3.63, 3.8) is 0 Å². The SMILES string of the molecule is N#Cc1ccc(CCNC(=O)[C@@H]2CCCN(c3cc(OC4CCOCC4)nc(C(F)(F)F)n3)C2)cc1. The van der Waals surface area contributed by atoms with Crippen LogP contribution in [0.25, 0.3) is 0 Å². The van der Waals surface area contributed by atoms with E-state index in [4.69, 9.17) is 14.7 Å². The van der Waals surface area contributed by atoms with E-state index in [9.17, 15) is 18.0 Å². The third-order valence-electron chi connectivity index (χ3n) is 6.31. The van der Waals surface area contributed by atoms with E-state index in [0.717, 1.165) is 5.56 Å². The second-order valence-electron chi connectivity index (χ2n) is 8.95. The van der Waals surface area contributed by atoms with Crippen LogP contribution in [0.5, 0.6) is 5.88 Å². The van der Waals surface area contributed by atoms with E-state index in [2.05, 4.69) is 21.4 Å². The van der Waals surface area contributed by atoms with E-state index in [1.165, 1.54) is 6.07 Å². The Morgan fingerprint density at radius 1 is 1.19 bits per heavy atom. The van der Waals surface area contributed by atoms with Crippen LogP contribution in [0.2, 0.25) is 0 Å². The van der Waals surface area contributed by atoms with Crippen molar-refractivity contribution in [2.45, 2.75) is 44.4 Å². The van der Waals surface area contributed by atoms with Crippen molar-refractivity contribution in [2.75, 3.05) is 37.7 Å². The molecule has 2 aliphatic rings. The van der Waals surface area contributed by atoms with Crippen molar-refractivity contribution in [1.29, 1.82) is 5.26 Å². The number of alkyl halides is 3. The van der Waals surface area contributed by atoms with E-state index in [0.29, 0.717) is 64.0 Å². The Hall–Kier alpha value is -3.39. The van der Waals surface area contributed by atoms with Crippen LogP contribution in [0.4, 0.5) is 19.0 Å². The number of aromatic nitrogens is 2. The van der Waals surface area contributed by atoms with Crippen LogP contribution in [0.1, 0.15) is 42.6 Å². The maximum Gasteiger partial charge on any atom is 0.451 e. The molecule has 2 fully saturated rings. The number of hydrogen-bond donors (Lipinski definition) is 1. The molecule has 2 saturated heterocycles. The Bertz CT molecular complexity index is 1080. The summed E-state index contributed by atoms with van der Waals surface area (Å²) in [4.78, 5) is 21.9. The molecule has 1 aromatic heterocycles. The minimum absolute atomic E-state index is 0.106. The number of carbonyl (C=O) groups excluding carboxylic acids is 1. The van der Waals surface area contributed by atoms with Gasteiger partial charge in [0.15, 0.2) is 0 Å². The molecule has 1 N–H and O–H groups in total. The predicted molar refractivity (Wildman–Crippen MR) is 124 cm³/mol. The van der Waals surface area contributed by atoms with Gasteiger partial charge in [0.05, 0.1) is 30.8 Å². The molecular weight excluding hydrogens is 475 g/mol. The number of piperidine rings is 1. The average molecular weight is 504 g/mol. The lowest BCUT2D eigenvalue weighted by molar-refractivity contribution is -0.145. The van der Waals surface area contributed by atoms with Crippen molar-refractivity contribution in [3.05, 3.63) is 47.3 Å². The number of hydrogen-bond acceptors (Lipinski definition) is 7. The molecule has 1 aromatic carbocycles. The second-order valence-corrected chi connectivity index (χ2v) is 8.95. The van der Waals surface area contributed by atoms with Crippen LogP contribution < -0.4 is 15.0 Å². The second kappa shape index (κ2) is 11.6. The Morgan fingerprint density at radius 2 is 1.94 bits per heavy atom. The van der Waals surface area contributed by atoms with E-state index in [1.807, 2.05) is 12.1 Å². The van der Waals surface area contributed by atoms with Gasteiger partial charge in [-0.25, -0.2) is 4.98 Å². The van der Waals surface area contributed by atoms with Crippen molar-refractivity contribution in [2.24, 2.45) is 5.92 Å². The average Bonchev–Trinajstić information content (AvgIpc) is 2.89. The molecule has 1 amide bonds. The summed E-state index contributed by atoms with van der Waals surface area (Å²) >= 11 is 0. The van der Waals surface area contributed by atoms with Gasteiger partial charge in [-0.1, -0.05) is 12.1 Å². The molecule has 0 saturated carbocycles. The quantitative estimate of drug-likeness (QED) is 0.617. The standard InChI is InChI=1S/C25H28F3N5O3/c26-25(27,28)24-31-21(14-22(32-24)36-20-8-12-35-13-9-20)33-11-1-2-19(16-33)23(34)30-10-7-17-3-5-18(15-29)6-4-17/h3-6,14,19-20H,1-2,7-13,16H2,(H,30,34)/t19-/m1/s1. The summed E-state index contributed by atoms with van der Waals surface area (Å²) in [5, 5.41) is 11.8. The third kappa shape index (κ3) is 6.85. The van der Waals surface area contributed by atoms with E-state index < -0.39 is 12.0 Å². The van der Waals surface area contributed by atoms with Gasteiger partial charge in [-0.2, -0.15) is 23.4 Å². The number of amides is 1. The molecule has 2 aromatic rings. The number of benzene rings is 1. The number of nitrogens with one attached hydrogen (secondary N) is 1. The molecule has 0 bridgehead atoms. The zero-order valence-corrected chi connectivity index (χ0v) is 19.8. The normalized spacial score (nSPS) is 18.9. The van der Waals surface area contributed by atoms with Crippen LogP contribution in [-0.2, 0) is 22.1 Å². The first-order valence-corrected chi connectivity index (χ1v) is 12.0. The Kier molecular flexibility index (Phi) is 8.25. The molecule has 0 aliphatic carbocycles. The summed E-state index contributed by atoms with van der Waals surface area (Å²) in [5.74, 6) is -1.78. The molecule has 192 valence electrons. The highest BCUT2D eigenvalue weighted by Crippen LogP contribution is 2.32. The minimum atomic E-state index is -4.72. The lowest BCUT2D eigenvalue weighted by Crippen LogP contribution is -2.44. The molecule has 0 unspecified atom stereocenters. The molecule has 36 heavy (non-hydrogen) atoms. The summed E-state index contributed by atoms with van der Waals surface area (Å²) in [5.41, 5.74) is 1.57. The van der Waals surface area contributed by atoms with Crippen molar-refractivity contribution in [3.8, 4) is 11.9 Å². The Labute approximate surface area is 207 Å². The minimum Gasteiger partial charge on any atom is -0.474 e. The molecule has 8 nitrogen and oxygen atoms in total. The molecule has 3 heterocycles. The number of anilines is 1. The molecule has 0 spiro atoms. The van der Waals surface area contributed by atoms with Gasteiger partial charge in [0.25, 0.3) is 0 Å². The largest absolute Gasteiger partial charge is 0.474 e. The number of halogens is 3. The molecular formula is C25H28F3N5O3. The number of rotatable bonds is 7. The first kappa shape index (κ1) is 25.7. The number of ether oxygens (including phenoxy) is 2. The van der Waals surface area contributed by atoms with Gasteiger partial charge in [-0.15, -0.1) is 0 Å². The van der Waals surface area contributed by atoms with Gasteiger partial charge >= 0.3 is 6.18 Å². The lowest BCUT2D eigenvalue weighted by atomic mass is 9.97. The Balaban J connectivity index is 1.39. The highest BCUT2D eigenvalue weighted by Gasteiger charge is 2.37. The Morgan fingerprint density at radius 3 is 2.64 bits per heavy atom. The summed E-state index contributed by atoms with van der Waals surface area (Å²) in [6.07, 6.45) is -1.93. The van der Waals surface area contributed by atoms with Gasteiger partial charge in [0.2, 0.25) is 17.6 Å². The first-order valence-electron chi connectivity index (χ1n) is 12.0. The van der Waals surface area contributed by atoms with Crippen LogP contribution in [0.15, 0.2) is 30.3 Å². The smallest absolute Gasteiger partial charge is 0.451 e. The monoisotopic (exact) mass is 503 g/mol. The number of carbonyl (C=O) groups is 1. The topological polar surface area (TPSA) is 100 Å².